The average Bonchev–Trinajstić information content (AvgIpc) is 2.29. The molecule has 0 aliphatic heterocycles. The minimum atomic E-state index is 0.723. The maximum absolute atomic E-state index is 5.77. The Bertz CT molecular complexity index is 315. The fraction of sp³-hybridized carbons (Fsp3) is 0.538. The van der Waals surface area contributed by atoms with E-state index in [1.807, 2.05) is 12.1 Å². The van der Waals surface area contributed by atoms with Crippen LogP contribution >= 0.6 is 15.9 Å². The van der Waals surface area contributed by atoms with Crippen LogP contribution in [0.5, 0.6) is 5.75 Å². The van der Waals surface area contributed by atoms with Crippen molar-refractivity contribution in [3.05, 3.63) is 28.2 Å². The van der Waals surface area contributed by atoms with Gasteiger partial charge in [-0.3, -0.25) is 0 Å². The third-order valence-electron chi connectivity index (χ3n) is 2.43. The molecular weight excluding hydrogens is 266 g/mol. The quantitative estimate of drug-likeness (QED) is 0.778. The first kappa shape index (κ1) is 13.5. The van der Waals surface area contributed by atoms with Crippen LogP contribution in [0, 0.1) is 0 Å². The standard InChI is InChI=1S/C13H20BrNO/c1-2-3-9-16-13-7-6-12(14)10-11(13)5-4-8-15/h6-7,10H,2-5,8-9,15H2,1H3. The lowest BCUT2D eigenvalue weighted by Gasteiger charge is -2.11. The lowest BCUT2D eigenvalue weighted by Crippen LogP contribution is -2.03. The fourth-order valence-electron chi connectivity index (χ4n) is 1.50. The molecule has 16 heavy (non-hydrogen) atoms. The summed E-state index contributed by atoms with van der Waals surface area (Å²) < 4.78 is 6.87. The third-order valence-corrected chi connectivity index (χ3v) is 2.92. The summed E-state index contributed by atoms with van der Waals surface area (Å²) in [5, 5.41) is 0. The number of hydrogen-bond donors (Lipinski definition) is 1. The molecule has 2 N–H and O–H groups in total. The van der Waals surface area contributed by atoms with Gasteiger partial charge in [0.2, 0.25) is 0 Å². The number of benzene rings is 1. The van der Waals surface area contributed by atoms with Crippen molar-refractivity contribution in [2.45, 2.75) is 32.6 Å². The molecule has 0 saturated carbocycles. The number of rotatable bonds is 7. The summed E-state index contributed by atoms with van der Waals surface area (Å²) in [5.74, 6) is 1.00. The minimum absolute atomic E-state index is 0.723. The summed E-state index contributed by atoms with van der Waals surface area (Å²) in [5.41, 5.74) is 6.78. The molecule has 0 amide bonds. The van der Waals surface area contributed by atoms with Crippen LogP contribution < -0.4 is 10.5 Å². The summed E-state index contributed by atoms with van der Waals surface area (Å²) in [7, 11) is 0. The largest absolute Gasteiger partial charge is 0.493 e. The van der Waals surface area contributed by atoms with E-state index >= 15 is 0 Å². The fourth-order valence-corrected chi connectivity index (χ4v) is 1.91. The van der Waals surface area contributed by atoms with Gasteiger partial charge in [-0.2, -0.15) is 0 Å². The highest BCUT2D eigenvalue weighted by Crippen LogP contribution is 2.24. The van der Waals surface area contributed by atoms with Gasteiger partial charge in [0, 0.05) is 4.47 Å². The molecule has 3 heteroatoms. The Balaban J connectivity index is 2.64. The number of ether oxygens (including phenoxy) is 1. The van der Waals surface area contributed by atoms with E-state index in [1.165, 1.54) is 5.56 Å². The zero-order chi connectivity index (χ0) is 11.8. The topological polar surface area (TPSA) is 35.2 Å². The molecule has 0 saturated heterocycles. The molecule has 0 radical (unpaired) electrons. The van der Waals surface area contributed by atoms with E-state index in [1.54, 1.807) is 0 Å². The summed E-state index contributed by atoms with van der Waals surface area (Å²) >= 11 is 3.48. The second kappa shape index (κ2) is 7.69. The highest BCUT2D eigenvalue weighted by atomic mass is 79.9. The van der Waals surface area contributed by atoms with Crippen molar-refractivity contribution in [3.8, 4) is 5.75 Å². The first-order valence-corrected chi connectivity index (χ1v) is 6.68. The van der Waals surface area contributed by atoms with Gasteiger partial charge in [-0.25, -0.2) is 0 Å². The van der Waals surface area contributed by atoms with E-state index in [0.717, 1.165) is 49.1 Å². The molecule has 0 heterocycles. The molecule has 1 rings (SSSR count). The summed E-state index contributed by atoms with van der Waals surface area (Å²) in [4.78, 5) is 0. The van der Waals surface area contributed by atoms with Crippen LogP contribution in [0.4, 0.5) is 0 Å². The van der Waals surface area contributed by atoms with Gasteiger partial charge in [0.05, 0.1) is 6.61 Å². The van der Waals surface area contributed by atoms with Crippen LogP contribution in [0.1, 0.15) is 31.7 Å². The number of halogens is 1. The van der Waals surface area contributed by atoms with Gasteiger partial charge in [-0.05, 0) is 49.6 Å². The molecule has 0 spiro atoms. The molecule has 0 aliphatic rings. The molecule has 0 aliphatic carbocycles. The van der Waals surface area contributed by atoms with Crippen LogP contribution in [0.25, 0.3) is 0 Å². The van der Waals surface area contributed by atoms with Gasteiger partial charge in [-0.15, -0.1) is 0 Å². The molecule has 90 valence electrons. The number of hydrogen-bond acceptors (Lipinski definition) is 2. The number of nitrogens with two attached hydrogens (primary N) is 1. The summed E-state index contributed by atoms with van der Waals surface area (Å²) in [6, 6.07) is 6.18. The normalized spacial score (nSPS) is 10.4. The van der Waals surface area contributed by atoms with Crippen molar-refractivity contribution >= 4 is 15.9 Å². The Hall–Kier alpha value is -0.540. The second-order valence-electron chi connectivity index (χ2n) is 3.85. The van der Waals surface area contributed by atoms with Crippen molar-refractivity contribution in [1.29, 1.82) is 0 Å². The molecule has 1 aromatic carbocycles. The Labute approximate surface area is 106 Å². The van der Waals surface area contributed by atoms with E-state index < -0.39 is 0 Å². The van der Waals surface area contributed by atoms with E-state index in [0.29, 0.717) is 0 Å². The zero-order valence-corrected chi connectivity index (χ0v) is 11.4. The minimum Gasteiger partial charge on any atom is -0.493 e. The first-order chi connectivity index (χ1) is 7.77. The van der Waals surface area contributed by atoms with Crippen LogP contribution in [0.15, 0.2) is 22.7 Å². The zero-order valence-electron chi connectivity index (χ0n) is 9.84. The Morgan fingerprint density at radius 3 is 2.81 bits per heavy atom. The van der Waals surface area contributed by atoms with Crippen molar-refractivity contribution in [2.75, 3.05) is 13.2 Å². The van der Waals surface area contributed by atoms with E-state index in [4.69, 9.17) is 10.5 Å². The molecule has 0 fully saturated rings. The molecule has 2 nitrogen and oxygen atoms in total. The molecule has 0 aromatic heterocycles. The van der Waals surface area contributed by atoms with Crippen LogP contribution in [-0.4, -0.2) is 13.2 Å². The van der Waals surface area contributed by atoms with Crippen LogP contribution in [-0.2, 0) is 6.42 Å². The van der Waals surface area contributed by atoms with E-state index in [2.05, 4.69) is 28.9 Å². The summed E-state index contributed by atoms with van der Waals surface area (Å²) in [6.45, 7) is 3.69. The van der Waals surface area contributed by atoms with Crippen molar-refractivity contribution in [2.24, 2.45) is 5.73 Å². The van der Waals surface area contributed by atoms with Gasteiger partial charge >= 0.3 is 0 Å². The lowest BCUT2D eigenvalue weighted by molar-refractivity contribution is 0.306. The summed E-state index contributed by atoms with van der Waals surface area (Å²) in [6.07, 6.45) is 4.25. The second-order valence-corrected chi connectivity index (χ2v) is 4.76. The van der Waals surface area contributed by atoms with Crippen LogP contribution in [0.2, 0.25) is 0 Å². The van der Waals surface area contributed by atoms with Gasteiger partial charge in [0.25, 0.3) is 0 Å². The molecule has 0 bridgehead atoms. The highest BCUT2D eigenvalue weighted by Gasteiger charge is 2.04. The molecule has 1 aromatic rings. The predicted molar refractivity (Wildman–Crippen MR) is 71.9 cm³/mol. The number of unbranched alkanes of at least 4 members (excludes halogenated alkanes) is 1. The third kappa shape index (κ3) is 4.54. The first-order valence-electron chi connectivity index (χ1n) is 5.89. The van der Waals surface area contributed by atoms with E-state index in [9.17, 15) is 0 Å². The van der Waals surface area contributed by atoms with Gasteiger partial charge in [-0.1, -0.05) is 29.3 Å². The van der Waals surface area contributed by atoms with Gasteiger partial charge in [0.15, 0.2) is 0 Å². The van der Waals surface area contributed by atoms with Gasteiger partial charge < -0.3 is 10.5 Å². The maximum atomic E-state index is 5.77. The van der Waals surface area contributed by atoms with Crippen molar-refractivity contribution in [1.82, 2.24) is 0 Å². The van der Waals surface area contributed by atoms with Crippen LogP contribution in [0.3, 0.4) is 0 Å². The molecule has 0 atom stereocenters. The smallest absolute Gasteiger partial charge is 0.122 e. The maximum Gasteiger partial charge on any atom is 0.122 e. The van der Waals surface area contributed by atoms with Crippen molar-refractivity contribution in [3.63, 3.8) is 0 Å². The average molecular weight is 286 g/mol. The SMILES string of the molecule is CCCCOc1ccc(Br)cc1CCCN. The molecular formula is C13H20BrNO. The monoisotopic (exact) mass is 285 g/mol. The Kier molecular flexibility index (Phi) is 6.50. The Morgan fingerprint density at radius 1 is 1.31 bits per heavy atom. The lowest BCUT2D eigenvalue weighted by atomic mass is 10.1. The predicted octanol–water partition coefficient (Wildman–Crippen LogP) is 3.52. The van der Waals surface area contributed by atoms with Gasteiger partial charge in [0.1, 0.15) is 5.75 Å². The highest BCUT2D eigenvalue weighted by molar-refractivity contribution is 9.10. The van der Waals surface area contributed by atoms with Crippen molar-refractivity contribution < 1.29 is 4.74 Å². The Morgan fingerprint density at radius 2 is 2.12 bits per heavy atom. The van der Waals surface area contributed by atoms with E-state index in [-0.39, 0.29) is 0 Å². The molecule has 0 unspecified atom stereocenters. The number of aryl methyl sites for hydroxylation is 1.